The first-order chi connectivity index (χ1) is 29.0. The fourth-order valence-corrected chi connectivity index (χ4v) is 7.86. The van der Waals surface area contributed by atoms with Crippen LogP contribution in [0, 0.1) is 23.6 Å². The van der Waals surface area contributed by atoms with E-state index in [2.05, 4.69) is 16.6 Å². The molecule has 1 unspecified atom stereocenters. The molecule has 14 heteroatoms. The largest absolute Gasteiger partial charge is 0.488 e. The molecule has 2 heterocycles. The Kier molecular flexibility index (Phi) is 14.3. The highest BCUT2D eigenvalue weighted by molar-refractivity contribution is 7.88. The summed E-state index contributed by atoms with van der Waals surface area (Å²) in [4.78, 5) is 40.4. The molecule has 0 radical (unpaired) electrons. The lowest BCUT2D eigenvalue weighted by Crippen LogP contribution is -2.55. The molecule has 61 heavy (non-hydrogen) atoms. The van der Waals surface area contributed by atoms with Gasteiger partial charge >= 0.3 is 11.9 Å². The smallest absolute Gasteiger partial charge is 0.304 e. The Balaban J connectivity index is 1.36. The van der Waals surface area contributed by atoms with Crippen molar-refractivity contribution in [2.45, 2.75) is 83.5 Å². The molecule has 12 nitrogen and oxygen atoms in total. The van der Waals surface area contributed by atoms with Gasteiger partial charge in [-0.05, 0) is 98.5 Å². The number of nitrogens with one attached hydrogen (secondary N) is 1. The number of β-lactam (4-membered cyclic amide) rings is 1. The lowest BCUT2D eigenvalue weighted by atomic mass is 9.77. The minimum absolute atomic E-state index is 0.00540. The Bertz CT molecular complexity index is 2350. The first-order valence-corrected chi connectivity index (χ1v) is 22.0. The number of anilines is 1. The fourth-order valence-electron chi connectivity index (χ4n) is 7.35. The van der Waals surface area contributed by atoms with E-state index in [-0.39, 0.29) is 32.1 Å². The molecule has 0 bridgehead atoms. The Morgan fingerprint density at radius 2 is 1.62 bits per heavy atom. The number of benzene rings is 4. The molecule has 0 aromatic heterocycles. The van der Waals surface area contributed by atoms with Crippen molar-refractivity contribution in [3.05, 3.63) is 131 Å². The predicted molar refractivity (Wildman–Crippen MR) is 226 cm³/mol. The van der Waals surface area contributed by atoms with Crippen molar-refractivity contribution in [3.8, 4) is 17.6 Å². The highest BCUT2D eigenvalue weighted by atomic mass is 32.2. The molecular formula is C47H51FN2O10S. The van der Waals surface area contributed by atoms with Crippen LogP contribution in [0.1, 0.15) is 86.9 Å². The topological polar surface area (TPSA) is 147 Å². The van der Waals surface area contributed by atoms with E-state index in [9.17, 15) is 27.2 Å². The summed E-state index contributed by atoms with van der Waals surface area (Å²) in [5.74, 6) is 3.68. The maximum atomic E-state index is 14.3. The molecule has 0 saturated carbocycles. The van der Waals surface area contributed by atoms with Crippen molar-refractivity contribution in [2.75, 3.05) is 30.9 Å². The normalized spacial score (nSPS) is 18.5. The van der Waals surface area contributed by atoms with E-state index < -0.39 is 57.2 Å². The van der Waals surface area contributed by atoms with Gasteiger partial charge in [-0.15, -0.1) is 0 Å². The van der Waals surface area contributed by atoms with Crippen molar-refractivity contribution in [2.24, 2.45) is 5.92 Å². The highest BCUT2D eigenvalue weighted by Crippen LogP contribution is 2.49. The number of nitrogens with zero attached hydrogens (tertiary/aromatic N) is 1. The standard InChI is InChI=1S/C47H51FN2O10S/c1-32(51)59-42(37-16-18-38(48)19-17-37)24-23-41-44(50(45(41)53)39-20-13-34(14-21-39)12-9-27-49-61(5,54)55)40-22-15-35(28-43(40)56-29-36-10-7-6-8-11-36)25-26-47(60-33(2)52)30-57-46(3,4)58-31-47/h6-8,10-11,13-22,28,41-42,44,49H,9,12,23-24,27,29-31H2,1-5H3/t41?,42-,44-/m1/s1. The fraction of sp³-hybridized carbons (Fsp3) is 0.383. The van der Waals surface area contributed by atoms with Crippen molar-refractivity contribution < 1.29 is 50.9 Å². The average Bonchev–Trinajstić information content (AvgIpc) is 3.21. The van der Waals surface area contributed by atoms with Crippen LogP contribution in [0.2, 0.25) is 0 Å². The number of aryl methyl sites for hydroxylation is 1. The third-order valence-electron chi connectivity index (χ3n) is 10.4. The Morgan fingerprint density at radius 3 is 2.26 bits per heavy atom. The minimum atomic E-state index is -3.30. The molecule has 4 aromatic carbocycles. The van der Waals surface area contributed by atoms with Gasteiger partial charge in [-0.25, -0.2) is 17.5 Å². The van der Waals surface area contributed by atoms with Gasteiger partial charge in [0.1, 0.15) is 37.5 Å². The number of ether oxygens (including phenoxy) is 5. The molecule has 2 aliphatic rings. The highest BCUT2D eigenvalue weighted by Gasteiger charge is 2.50. The van der Waals surface area contributed by atoms with E-state index in [4.69, 9.17) is 23.7 Å². The molecule has 2 saturated heterocycles. The van der Waals surface area contributed by atoms with Crippen molar-refractivity contribution >= 4 is 33.6 Å². The SMILES string of the molecule is CC(=O)O[C@H](CCC1C(=O)N(c2ccc(CCCNS(C)(=O)=O)cc2)[C@@H]1c1ccc(C#CC2(OC(C)=O)COC(C)(C)OC2)cc1OCc1ccccc1)c1ccc(F)cc1. The summed E-state index contributed by atoms with van der Waals surface area (Å²) >= 11 is 0. The molecule has 2 fully saturated rings. The summed E-state index contributed by atoms with van der Waals surface area (Å²) < 4.78 is 69.0. The van der Waals surface area contributed by atoms with Gasteiger partial charge < -0.3 is 28.6 Å². The van der Waals surface area contributed by atoms with Gasteiger partial charge in [-0.3, -0.25) is 14.4 Å². The zero-order valence-corrected chi connectivity index (χ0v) is 35.8. The lowest BCUT2D eigenvalue weighted by molar-refractivity contribution is -0.291. The first-order valence-electron chi connectivity index (χ1n) is 20.1. The van der Waals surface area contributed by atoms with E-state index >= 15 is 0 Å². The average molecular weight is 855 g/mol. The van der Waals surface area contributed by atoms with Gasteiger partial charge in [0, 0.05) is 37.2 Å². The molecular weight excluding hydrogens is 804 g/mol. The Hall–Kier alpha value is -5.59. The van der Waals surface area contributed by atoms with E-state index in [1.165, 1.54) is 26.0 Å². The zero-order valence-electron chi connectivity index (χ0n) is 34.9. The number of hydrogen-bond acceptors (Lipinski definition) is 10. The van der Waals surface area contributed by atoms with Crippen molar-refractivity contribution in [1.29, 1.82) is 0 Å². The van der Waals surface area contributed by atoms with Gasteiger partial charge in [0.15, 0.2) is 5.79 Å². The van der Waals surface area contributed by atoms with Crippen LogP contribution in [0.3, 0.4) is 0 Å². The molecule has 3 atom stereocenters. The Labute approximate surface area is 356 Å². The molecule has 0 spiro atoms. The van der Waals surface area contributed by atoms with Gasteiger partial charge in [0.25, 0.3) is 0 Å². The molecule has 1 amide bonds. The summed E-state index contributed by atoms with van der Waals surface area (Å²) in [6, 6.07) is 28.0. The molecule has 322 valence electrons. The number of carbonyl (C=O) groups is 3. The third kappa shape index (κ3) is 12.3. The lowest BCUT2D eigenvalue weighted by Gasteiger charge is -2.48. The summed E-state index contributed by atoms with van der Waals surface area (Å²) in [5.41, 5.74) is 3.08. The van der Waals surface area contributed by atoms with Gasteiger partial charge in [-0.1, -0.05) is 66.6 Å². The van der Waals surface area contributed by atoms with Crippen LogP contribution in [0.25, 0.3) is 0 Å². The van der Waals surface area contributed by atoms with Crippen LogP contribution in [-0.2, 0) is 56.4 Å². The second kappa shape index (κ2) is 19.4. The number of hydrogen-bond donors (Lipinski definition) is 1. The summed E-state index contributed by atoms with van der Waals surface area (Å²) in [5, 5.41) is 0. The van der Waals surface area contributed by atoms with Crippen LogP contribution in [-0.4, -0.2) is 63.7 Å². The van der Waals surface area contributed by atoms with Crippen LogP contribution >= 0.6 is 0 Å². The third-order valence-corrected chi connectivity index (χ3v) is 11.1. The van der Waals surface area contributed by atoms with Gasteiger partial charge in [0.05, 0.1) is 18.2 Å². The maximum absolute atomic E-state index is 14.3. The van der Waals surface area contributed by atoms with E-state index in [0.717, 1.165) is 17.4 Å². The molecule has 1 N–H and O–H groups in total. The predicted octanol–water partition coefficient (Wildman–Crippen LogP) is 7.11. The van der Waals surface area contributed by atoms with E-state index in [0.29, 0.717) is 53.9 Å². The quantitative estimate of drug-likeness (QED) is 0.0536. The van der Waals surface area contributed by atoms with Crippen LogP contribution in [0.5, 0.6) is 5.75 Å². The van der Waals surface area contributed by atoms with Crippen LogP contribution in [0.15, 0.2) is 97.1 Å². The van der Waals surface area contributed by atoms with Gasteiger partial charge in [0.2, 0.25) is 21.5 Å². The number of sulfonamides is 1. The second-order valence-electron chi connectivity index (χ2n) is 15.8. The van der Waals surface area contributed by atoms with Crippen molar-refractivity contribution in [3.63, 3.8) is 0 Å². The van der Waals surface area contributed by atoms with E-state index in [1.54, 1.807) is 36.9 Å². The molecule has 0 aliphatic carbocycles. The number of halogens is 1. The number of esters is 2. The number of carbonyl (C=O) groups excluding carboxylic acids is 3. The minimum Gasteiger partial charge on any atom is -0.488 e. The molecule has 4 aromatic rings. The molecule has 2 aliphatic heterocycles. The molecule has 6 rings (SSSR count). The number of amides is 1. The van der Waals surface area contributed by atoms with Crippen LogP contribution < -0.4 is 14.4 Å². The number of rotatable bonds is 16. The van der Waals surface area contributed by atoms with Gasteiger partial charge in [-0.2, -0.15) is 0 Å². The van der Waals surface area contributed by atoms with Crippen molar-refractivity contribution in [1.82, 2.24) is 4.72 Å². The summed E-state index contributed by atoms with van der Waals surface area (Å²) in [7, 11) is -3.30. The van der Waals surface area contributed by atoms with Crippen LogP contribution in [0.4, 0.5) is 10.1 Å². The maximum Gasteiger partial charge on any atom is 0.304 e. The van der Waals surface area contributed by atoms with E-state index in [1.807, 2.05) is 66.7 Å². The first kappa shape index (κ1) is 44.9. The monoisotopic (exact) mass is 854 g/mol. The zero-order chi connectivity index (χ0) is 43.8. The second-order valence-corrected chi connectivity index (χ2v) is 17.6. The Morgan fingerprint density at radius 1 is 0.934 bits per heavy atom. The summed E-state index contributed by atoms with van der Waals surface area (Å²) in [6.07, 6.45) is 2.23. The summed E-state index contributed by atoms with van der Waals surface area (Å²) in [6.45, 7) is 6.68.